The van der Waals surface area contributed by atoms with E-state index in [1.54, 1.807) is 0 Å². The first-order valence-corrected chi connectivity index (χ1v) is 4.12. The lowest BCUT2D eigenvalue weighted by Gasteiger charge is -2.02. The van der Waals surface area contributed by atoms with Crippen LogP contribution in [0.3, 0.4) is 0 Å². The van der Waals surface area contributed by atoms with Gasteiger partial charge in [-0.3, -0.25) is 4.79 Å². The Morgan fingerprint density at radius 1 is 1.46 bits per heavy atom. The van der Waals surface area contributed by atoms with Crippen LogP contribution in [0.4, 0.5) is 4.39 Å². The van der Waals surface area contributed by atoms with Crippen molar-refractivity contribution in [2.24, 2.45) is 0 Å². The molecular formula is C8H5Cl2FO2. The van der Waals surface area contributed by atoms with E-state index in [2.05, 4.69) is 0 Å². The van der Waals surface area contributed by atoms with E-state index < -0.39 is 18.2 Å². The predicted octanol–water partition coefficient (Wildman–Crippen LogP) is 2.76. The minimum atomic E-state index is -1.11. The van der Waals surface area contributed by atoms with Gasteiger partial charge >= 0.3 is 5.97 Å². The van der Waals surface area contributed by atoms with Crippen molar-refractivity contribution >= 4 is 29.2 Å². The van der Waals surface area contributed by atoms with E-state index in [1.807, 2.05) is 0 Å². The third-order valence-electron chi connectivity index (χ3n) is 1.46. The largest absolute Gasteiger partial charge is 0.481 e. The molecule has 0 aliphatic heterocycles. The quantitative estimate of drug-likeness (QED) is 0.782. The molecule has 0 saturated carbocycles. The van der Waals surface area contributed by atoms with Gasteiger partial charge in [-0.1, -0.05) is 29.3 Å². The number of carboxylic acids is 1. The van der Waals surface area contributed by atoms with Crippen LogP contribution in [0.2, 0.25) is 10.0 Å². The molecule has 0 spiro atoms. The molecule has 0 fully saturated rings. The SMILES string of the molecule is O=C(O)Cc1ccc(Cl)c(Cl)c1F. The van der Waals surface area contributed by atoms with Gasteiger partial charge in [0, 0.05) is 5.56 Å². The number of hydrogen-bond acceptors (Lipinski definition) is 1. The van der Waals surface area contributed by atoms with E-state index in [0.29, 0.717) is 0 Å². The molecule has 1 aromatic carbocycles. The van der Waals surface area contributed by atoms with Crippen LogP contribution in [0.5, 0.6) is 0 Å². The van der Waals surface area contributed by atoms with E-state index in [9.17, 15) is 9.18 Å². The Kier molecular flexibility index (Phi) is 3.12. The van der Waals surface area contributed by atoms with Crippen molar-refractivity contribution in [3.8, 4) is 0 Å². The fraction of sp³-hybridized carbons (Fsp3) is 0.125. The van der Waals surface area contributed by atoms with Gasteiger partial charge in [0.25, 0.3) is 0 Å². The van der Waals surface area contributed by atoms with Crippen LogP contribution in [0, 0.1) is 5.82 Å². The number of hydrogen-bond donors (Lipinski definition) is 1. The minimum absolute atomic E-state index is 0.0295. The average Bonchev–Trinajstić information content (AvgIpc) is 2.06. The molecule has 0 aromatic heterocycles. The molecule has 0 aliphatic rings. The lowest BCUT2D eigenvalue weighted by molar-refractivity contribution is -0.136. The summed E-state index contributed by atoms with van der Waals surface area (Å²) < 4.78 is 13.1. The molecule has 2 nitrogen and oxygen atoms in total. The Labute approximate surface area is 83.9 Å². The van der Waals surface area contributed by atoms with Gasteiger partial charge < -0.3 is 5.11 Å². The van der Waals surface area contributed by atoms with Crippen molar-refractivity contribution in [2.45, 2.75) is 6.42 Å². The number of carboxylic acid groups (broad SMARTS) is 1. The maximum absolute atomic E-state index is 13.1. The molecule has 13 heavy (non-hydrogen) atoms. The van der Waals surface area contributed by atoms with Gasteiger partial charge in [-0.2, -0.15) is 0 Å². The maximum Gasteiger partial charge on any atom is 0.307 e. The highest BCUT2D eigenvalue weighted by atomic mass is 35.5. The first kappa shape index (κ1) is 10.3. The molecule has 70 valence electrons. The summed E-state index contributed by atoms with van der Waals surface area (Å²) in [5, 5.41) is 8.25. The fourth-order valence-electron chi connectivity index (χ4n) is 0.865. The third kappa shape index (κ3) is 2.32. The van der Waals surface area contributed by atoms with Crippen molar-refractivity contribution < 1.29 is 14.3 Å². The Morgan fingerprint density at radius 2 is 2.08 bits per heavy atom. The summed E-state index contributed by atoms with van der Waals surface area (Å²) in [6, 6.07) is 2.67. The fourth-order valence-corrected chi connectivity index (χ4v) is 1.20. The lowest BCUT2D eigenvalue weighted by Crippen LogP contribution is -2.02. The van der Waals surface area contributed by atoms with Crippen molar-refractivity contribution in [1.29, 1.82) is 0 Å². The Morgan fingerprint density at radius 3 is 2.62 bits per heavy atom. The molecule has 0 saturated heterocycles. The summed E-state index contributed by atoms with van der Waals surface area (Å²) in [6.07, 6.45) is -0.400. The molecule has 0 heterocycles. The number of halogens is 3. The van der Waals surface area contributed by atoms with E-state index in [0.717, 1.165) is 0 Å². The van der Waals surface area contributed by atoms with Crippen LogP contribution >= 0.6 is 23.2 Å². The van der Waals surface area contributed by atoms with Gasteiger partial charge in [-0.15, -0.1) is 0 Å². The zero-order valence-corrected chi connectivity index (χ0v) is 7.86. The second-order valence-electron chi connectivity index (χ2n) is 2.40. The van der Waals surface area contributed by atoms with Gasteiger partial charge in [0.1, 0.15) is 5.82 Å². The van der Waals surface area contributed by atoms with Crippen LogP contribution < -0.4 is 0 Å². The Bertz CT molecular complexity index is 352. The first-order valence-electron chi connectivity index (χ1n) is 3.36. The van der Waals surface area contributed by atoms with Gasteiger partial charge in [0.15, 0.2) is 0 Å². The van der Waals surface area contributed by atoms with E-state index >= 15 is 0 Å². The van der Waals surface area contributed by atoms with Crippen molar-refractivity contribution in [2.75, 3.05) is 0 Å². The first-order chi connectivity index (χ1) is 6.02. The second-order valence-corrected chi connectivity index (χ2v) is 3.19. The van der Waals surface area contributed by atoms with Gasteiger partial charge in [-0.05, 0) is 6.07 Å². The summed E-state index contributed by atoms with van der Waals surface area (Å²) in [5.41, 5.74) is 0.0295. The second kappa shape index (κ2) is 3.94. The van der Waals surface area contributed by atoms with E-state index in [1.165, 1.54) is 12.1 Å². The summed E-state index contributed by atoms with van der Waals surface area (Å²) in [6.45, 7) is 0. The zero-order valence-electron chi connectivity index (χ0n) is 6.35. The van der Waals surface area contributed by atoms with Gasteiger partial charge in [0.05, 0.1) is 16.5 Å². The van der Waals surface area contributed by atoms with Crippen LogP contribution in [-0.2, 0) is 11.2 Å². The van der Waals surface area contributed by atoms with E-state index in [-0.39, 0.29) is 15.6 Å². The van der Waals surface area contributed by atoms with Gasteiger partial charge in [-0.25, -0.2) is 4.39 Å². The van der Waals surface area contributed by atoms with Crippen molar-refractivity contribution in [1.82, 2.24) is 0 Å². The molecular weight excluding hydrogens is 218 g/mol. The number of rotatable bonds is 2. The van der Waals surface area contributed by atoms with Crippen LogP contribution in [0.1, 0.15) is 5.56 Å². The molecule has 1 aromatic rings. The normalized spacial score (nSPS) is 10.1. The Hall–Kier alpha value is -0.800. The summed E-state index contributed by atoms with van der Waals surface area (Å²) in [4.78, 5) is 10.3. The number of carbonyl (C=O) groups is 1. The molecule has 1 rings (SSSR count). The van der Waals surface area contributed by atoms with Crippen LogP contribution in [-0.4, -0.2) is 11.1 Å². The summed E-state index contributed by atoms with van der Waals surface area (Å²) in [7, 11) is 0. The standard InChI is InChI=1S/C8H5Cl2FO2/c9-5-2-1-4(3-6(12)13)8(11)7(5)10/h1-2H,3H2,(H,12,13). The monoisotopic (exact) mass is 222 g/mol. The van der Waals surface area contributed by atoms with Crippen molar-refractivity contribution in [3.05, 3.63) is 33.6 Å². The highest BCUT2D eigenvalue weighted by Crippen LogP contribution is 2.27. The molecule has 0 radical (unpaired) electrons. The zero-order chi connectivity index (χ0) is 10.0. The number of benzene rings is 1. The topological polar surface area (TPSA) is 37.3 Å². The molecule has 0 bridgehead atoms. The highest BCUT2D eigenvalue weighted by Gasteiger charge is 2.12. The highest BCUT2D eigenvalue weighted by molar-refractivity contribution is 6.42. The van der Waals surface area contributed by atoms with Crippen LogP contribution in [0.25, 0.3) is 0 Å². The smallest absolute Gasteiger partial charge is 0.307 e. The predicted molar refractivity (Wildman–Crippen MR) is 47.8 cm³/mol. The molecule has 1 N–H and O–H groups in total. The number of aliphatic carboxylic acids is 1. The average molecular weight is 223 g/mol. The van der Waals surface area contributed by atoms with E-state index in [4.69, 9.17) is 28.3 Å². The summed E-state index contributed by atoms with van der Waals surface area (Å²) in [5.74, 6) is -1.88. The minimum Gasteiger partial charge on any atom is -0.481 e. The summed E-state index contributed by atoms with van der Waals surface area (Å²) >= 11 is 11.0. The van der Waals surface area contributed by atoms with Gasteiger partial charge in [0.2, 0.25) is 0 Å². The lowest BCUT2D eigenvalue weighted by atomic mass is 10.1. The molecule has 0 aliphatic carbocycles. The van der Waals surface area contributed by atoms with Crippen LogP contribution in [0.15, 0.2) is 12.1 Å². The third-order valence-corrected chi connectivity index (χ3v) is 2.24. The molecule has 0 unspecified atom stereocenters. The Balaban J connectivity index is 3.10. The van der Waals surface area contributed by atoms with Crippen molar-refractivity contribution in [3.63, 3.8) is 0 Å². The molecule has 5 heteroatoms. The molecule has 0 atom stereocenters. The maximum atomic E-state index is 13.1. The molecule has 0 amide bonds.